The Morgan fingerprint density at radius 3 is 2.33 bits per heavy atom. The molecule has 1 aliphatic heterocycles. The van der Waals surface area contributed by atoms with Crippen molar-refractivity contribution < 1.29 is 9.90 Å². The molecule has 1 unspecified atom stereocenters. The Bertz CT molecular complexity index is 472. The zero-order chi connectivity index (χ0) is 15.5. The van der Waals surface area contributed by atoms with Crippen molar-refractivity contribution in [1.29, 1.82) is 0 Å². The smallest absolute Gasteiger partial charge is 0.309 e. The van der Waals surface area contributed by atoms with Crippen LogP contribution in [0.2, 0.25) is 0 Å². The fourth-order valence-electron chi connectivity index (χ4n) is 3.44. The summed E-state index contributed by atoms with van der Waals surface area (Å²) in [4.78, 5) is 14.0. The van der Waals surface area contributed by atoms with Crippen LogP contribution in [0.1, 0.15) is 56.7 Å². The highest BCUT2D eigenvalue weighted by Gasteiger charge is 2.41. The number of piperidine rings is 1. The van der Waals surface area contributed by atoms with Crippen molar-refractivity contribution in [2.75, 3.05) is 13.1 Å². The Morgan fingerprint density at radius 2 is 1.86 bits per heavy atom. The summed E-state index contributed by atoms with van der Waals surface area (Å²) in [5, 5.41) is 9.57. The predicted molar refractivity (Wildman–Crippen MR) is 85.4 cm³/mol. The molecule has 0 spiro atoms. The molecule has 0 bridgehead atoms. The molecule has 1 saturated heterocycles. The molecule has 1 aromatic carbocycles. The van der Waals surface area contributed by atoms with Gasteiger partial charge in [0.25, 0.3) is 0 Å². The van der Waals surface area contributed by atoms with Gasteiger partial charge in [-0.1, -0.05) is 43.2 Å². The summed E-state index contributed by atoms with van der Waals surface area (Å²) < 4.78 is 0. The second-order valence-electron chi connectivity index (χ2n) is 6.46. The molecule has 2 rings (SSSR count). The second kappa shape index (κ2) is 6.61. The summed E-state index contributed by atoms with van der Waals surface area (Å²) in [5.74, 6) is -0.605. The monoisotopic (exact) mass is 289 g/mol. The van der Waals surface area contributed by atoms with Crippen molar-refractivity contribution in [2.24, 2.45) is 5.41 Å². The van der Waals surface area contributed by atoms with E-state index >= 15 is 0 Å². The summed E-state index contributed by atoms with van der Waals surface area (Å²) in [5.41, 5.74) is 2.11. The SMILES string of the molecule is CCCC1(C(=O)O)CCN(C(C)c2ccc(C)cc2)CC1. The molecule has 1 fully saturated rings. The molecule has 1 N–H and O–H groups in total. The summed E-state index contributed by atoms with van der Waals surface area (Å²) in [6.07, 6.45) is 3.29. The van der Waals surface area contributed by atoms with E-state index < -0.39 is 11.4 Å². The highest BCUT2D eigenvalue weighted by atomic mass is 16.4. The van der Waals surface area contributed by atoms with Crippen molar-refractivity contribution in [3.63, 3.8) is 0 Å². The molecule has 116 valence electrons. The van der Waals surface area contributed by atoms with E-state index in [1.54, 1.807) is 0 Å². The molecule has 3 nitrogen and oxygen atoms in total. The van der Waals surface area contributed by atoms with Crippen molar-refractivity contribution in [1.82, 2.24) is 4.90 Å². The largest absolute Gasteiger partial charge is 0.481 e. The lowest BCUT2D eigenvalue weighted by molar-refractivity contribution is -0.153. The van der Waals surface area contributed by atoms with E-state index in [9.17, 15) is 9.90 Å². The zero-order valence-corrected chi connectivity index (χ0v) is 13.4. The third-order valence-corrected chi connectivity index (χ3v) is 5.04. The van der Waals surface area contributed by atoms with Crippen molar-refractivity contribution >= 4 is 5.97 Å². The van der Waals surface area contributed by atoms with Crippen LogP contribution in [0.15, 0.2) is 24.3 Å². The highest BCUT2D eigenvalue weighted by molar-refractivity contribution is 5.74. The van der Waals surface area contributed by atoms with Gasteiger partial charge in [0.2, 0.25) is 0 Å². The van der Waals surface area contributed by atoms with E-state index in [1.807, 2.05) is 0 Å². The van der Waals surface area contributed by atoms with E-state index in [0.717, 1.165) is 38.8 Å². The molecule has 0 aliphatic carbocycles. The number of rotatable bonds is 5. The first-order valence-electron chi connectivity index (χ1n) is 8.02. The van der Waals surface area contributed by atoms with Crippen molar-refractivity contribution in [3.8, 4) is 0 Å². The summed E-state index contributed by atoms with van der Waals surface area (Å²) in [6.45, 7) is 8.15. The number of likely N-dealkylation sites (tertiary alicyclic amines) is 1. The Kier molecular flexibility index (Phi) is 5.04. The van der Waals surface area contributed by atoms with Crippen LogP contribution in [-0.4, -0.2) is 29.1 Å². The van der Waals surface area contributed by atoms with Gasteiger partial charge in [-0.05, 0) is 51.8 Å². The van der Waals surface area contributed by atoms with Crippen molar-refractivity contribution in [3.05, 3.63) is 35.4 Å². The van der Waals surface area contributed by atoms with E-state index in [2.05, 4.69) is 49.9 Å². The minimum absolute atomic E-state index is 0.360. The molecule has 0 aromatic heterocycles. The molecule has 21 heavy (non-hydrogen) atoms. The maximum absolute atomic E-state index is 11.6. The average Bonchev–Trinajstić information content (AvgIpc) is 2.48. The zero-order valence-electron chi connectivity index (χ0n) is 13.4. The van der Waals surface area contributed by atoms with Gasteiger partial charge in [-0.2, -0.15) is 0 Å². The quantitative estimate of drug-likeness (QED) is 0.890. The Morgan fingerprint density at radius 1 is 1.29 bits per heavy atom. The van der Waals surface area contributed by atoms with Crippen LogP contribution in [0, 0.1) is 12.3 Å². The third kappa shape index (κ3) is 3.46. The van der Waals surface area contributed by atoms with Crippen LogP contribution < -0.4 is 0 Å². The summed E-state index contributed by atoms with van der Waals surface area (Å²) in [6, 6.07) is 9.03. The fourth-order valence-corrected chi connectivity index (χ4v) is 3.44. The number of hydrogen-bond donors (Lipinski definition) is 1. The topological polar surface area (TPSA) is 40.5 Å². The minimum atomic E-state index is -0.605. The summed E-state index contributed by atoms with van der Waals surface area (Å²) >= 11 is 0. The molecule has 1 heterocycles. The first-order valence-corrected chi connectivity index (χ1v) is 8.02. The third-order valence-electron chi connectivity index (χ3n) is 5.04. The maximum atomic E-state index is 11.6. The van der Waals surface area contributed by atoms with Crippen LogP contribution in [0.25, 0.3) is 0 Å². The van der Waals surface area contributed by atoms with Crippen LogP contribution >= 0.6 is 0 Å². The van der Waals surface area contributed by atoms with Gasteiger partial charge in [-0.3, -0.25) is 9.69 Å². The number of carbonyl (C=O) groups is 1. The van der Waals surface area contributed by atoms with Crippen LogP contribution in [0.4, 0.5) is 0 Å². The van der Waals surface area contributed by atoms with E-state index in [4.69, 9.17) is 0 Å². The van der Waals surface area contributed by atoms with E-state index in [0.29, 0.717) is 6.04 Å². The lowest BCUT2D eigenvalue weighted by Crippen LogP contribution is -2.45. The molecule has 3 heteroatoms. The molecule has 1 atom stereocenters. The molecule has 1 aliphatic rings. The van der Waals surface area contributed by atoms with Crippen molar-refractivity contribution in [2.45, 2.75) is 52.5 Å². The number of carboxylic acid groups (broad SMARTS) is 1. The van der Waals surface area contributed by atoms with Gasteiger partial charge < -0.3 is 5.11 Å². The van der Waals surface area contributed by atoms with Gasteiger partial charge in [-0.25, -0.2) is 0 Å². The number of carboxylic acids is 1. The molecule has 0 radical (unpaired) electrons. The molecule has 0 amide bonds. The average molecular weight is 289 g/mol. The minimum Gasteiger partial charge on any atom is -0.481 e. The van der Waals surface area contributed by atoms with Gasteiger partial charge in [0.05, 0.1) is 5.41 Å². The molecule has 0 saturated carbocycles. The predicted octanol–water partition coefficient (Wildman–Crippen LogP) is 4.02. The number of hydrogen-bond acceptors (Lipinski definition) is 2. The van der Waals surface area contributed by atoms with E-state index in [-0.39, 0.29) is 0 Å². The fraction of sp³-hybridized carbons (Fsp3) is 0.611. The first-order chi connectivity index (χ1) is 9.98. The summed E-state index contributed by atoms with van der Waals surface area (Å²) in [7, 11) is 0. The van der Waals surface area contributed by atoms with Crippen LogP contribution in [0.5, 0.6) is 0 Å². The van der Waals surface area contributed by atoms with Gasteiger partial charge in [0, 0.05) is 6.04 Å². The van der Waals surface area contributed by atoms with Crippen LogP contribution in [-0.2, 0) is 4.79 Å². The Balaban J connectivity index is 2.02. The lowest BCUT2D eigenvalue weighted by Gasteiger charge is -2.41. The second-order valence-corrected chi connectivity index (χ2v) is 6.46. The highest BCUT2D eigenvalue weighted by Crippen LogP contribution is 2.38. The molecular weight excluding hydrogens is 262 g/mol. The Labute approximate surface area is 128 Å². The van der Waals surface area contributed by atoms with Gasteiger partial charge in [0.15, 0.2) is 0 Å². The normalized spacial score (nSPS) is 20.1. The molecular formula is C18H27NO2. The first kappa shape index (κ1) is 16.0. The number of aryl methyl sites for hydroxylation is 1. The maximum Gasteiger partial charge on any atom is 0.309 e. The number of benzene rings is 1. The number of aliphatic carboxylic acids is 1. The standard InChI is InChI=1S/C18H27NO2/c1-4-9-18(17(20)21)10-12-19(13-11-18)15(3)16-7-5-14(2)6-8-16/h5-8,15H,4,9-13H2,1-3H3,(H,20,21). The van der Waals surface area contributed by atoms with E-state index in [1.165, 1.54) is 11.1 Å². The molecule has 1 aromatic rings. The van der Waals surface area contributed by atoms with Gasteiger partial charge in [-0.15, -0.1) is 0 Å². The van der Waals surface area contributed by atoms with Gasteiger partial charge >= 0.3 is 5.97 Å². The number of nitrogens with zero attached hydrogens (tertiary/aromatic N) is 1. The lowest BCUT2D eigenvalue weighted by atomic mass is 9.74. The van der Waals surface area contributed by atoms with Crippen LogP contribution in [0.3, 0.4) is 0 Å². The van der Waals surface area contributed by atoms with Gasteiger partial charge in [0.1, 0.15) is 0 Å². The Hall–Kier alpha value is -1.35.